The molecule has 2 aliphatic rings. The highest BCUT2D eigenvalue weighted by molar-refractivity contribution is 5.44. The van der Waals surface area contributed by atoms with E-state index in [1.807, 2.05) is 41.6 Å². The van der Waals surface area contributed by atoms with E-state index in [1.165, 1.54) is 0 Å². The van der Waals surface area contributed by atoms with Crippen molar-refractivity contribution in [2.75, 3.05) is 0 Å². The molecule has 0 aromatic heterocycles. The van der Waals surface area contributed by atoms with Crippen molar-refractivity contribution >= 4 is 6.47 Å². The van der Waals surface area contributed by atoms with Crippen molar-refractivity contribution in [1.82, 2.24) is 4.90 Å². The van der Waals surface area contributed by atoms with Gasteiger partial charge < -0.3 is 9.64 Å². The molecule has 0 atom stereocenters. The SMILES string of the molecule is O=COC1=C2C=CC=CN2C=CC1. The minimum atomic E-state index is 0.464. The molecule has 13 heavy (non-hydrogen) atoms. The zero-order valence-corrected chi connectivity index (χ0v) is 7.01. The second-order valence-electron chi connectivity index (χ2n) is 2.72. The molecule has 0 bridgehead atoms. The highest BCUT2D eigenvalue weighted by atomic mass is 16.5. The van der Waals surface area contributed by atoms with Gasteiger partial charge >= 0.3 is 0 Å². The van der Waals surface area contributed by atoms with Gasteiger partial charge in [0.15, 0.2) is 0 Å². The van der Waals surface area contributed by atoms with Crippen LogP contribution in [0.1, 0.15) is 6.42 Å². The van der Waals surface area contributed by atoms with Crippen molar-refractivity contribution in [2.45, 2.75) is 6.42 Å². The molecular formula is C10H9NO2. The van der Waals surface area contributed by atoms with Crippen LogP contribution in [0, 0.1) is 0 Å². The lowest BCUT2D eigenvalue weighted by Crippen LogP contribution is -2.16. The molecule has 2 heterocycles. The summed E-state index contributed by atoms with van der Waals surface area (Å²) in [6.45, 7) is 0.464. The second kappa shape index (κ2) is 3.31. The third-order valence-electron chi connectivity index (χ3n) is 1.94. The number of carbonyl (C=O) groups excluding carboxylic acids is 1. The van der Waals surface area contributed by atoms with Gasteiger partial charge in [0, 0.05) is 18.8 Å². The van der Waals surface area contributed by atoms with Crippen molar-refractivity contribution in [3.05, 3.63) is 48.2 Å². The maximum atomic E-state index is 10.2. The van der Waals surface area contributed by atoms with E-state index in [-0.39, 0.29) is 0 Å². The van der Waals surface area contributed by atoms with Crippen molar-refractivity contribution in [1.29, 1.82) is 0 Å². The van der Waals surface area contributed by atoms with E-state index < -0.39 is 0 Å². The number of hydrogen-bond donors (Lipinski definition) is 0. The lowest BCUT2D eigenvalue weighted by atomic mass is 10.1. The molecule has 0 radical (unpaired) electrons. The Bertz CT molecular complexity index is 333. The molecule has 2 rings (SSSR count). The molecule has 0 N–H and O–H groups in total. The zero-order chi connectivity index (χ0) is 9.10. The van der Waals surface area contributed by atoms with E-state index in [0.29, 0.717) is 18.7 Å². The van der Waals surface area contributed by atoms with Gasteiger partial charge in [-0.1, -0.05) is 12.2 Å². The maximum Gasteiger partial charge on any atom is 0.298 e. The molecule has 0 aromatic rings. The van der Waals surface area contributed by atoms with Gasteiger partial charge in [0.25, 0.3) is 6.47 Å². The first-order valence-corrected chi connectivity index (χ1v) is 4.05. The van der Waals surface area contributed by atoms with Crippen LogP contribution < -0.4 is 0 Å². The van der Waals surface area contributed by atoms with E-state index >= 15 is 0 Å². The van der Waals surface area contributed by atoms with Crippen molar-refractivity contribution < 1.29 is 9.53 Å². The average molecular weight is 175 g/mol. The lowest BCUT2D eigenvalue weighted by molar-refractivity contribution is -0.125. The summed E-state index contributed by atoms with van der Waals surface area (Å²) in [4.78, 5) is 12.1. The van der Waals surface area contributed by atoms with Gasteiger partial charge in [-0.3, -0.25) is 4.79 Å². The molecule has 66 valence electrons. The summed E-state index contributed by atoms with van der Waals surface area (Å²) in [6.07, 6.45) is 12.2. The predicted molar refractivity (Wildman–Crippen MR) is 48.1 cm³/mol. The first-order valence-electron chi connectivity index (χ1n) is 4.05. The topological polar surface area (TPSA) is 29.5 Å². The van der Waals surface area contributed by atoms with Crippen LogP contribution in [0.3, 0.4) is 0 Å². The minimum Gasteiger partial charge on any atom is -0.431 e. The van der Waals surface area contributed by atoms with Gasteiger partial charge in [-0.2, -0.15) is 0 Å². The zero-order valence-electron chi connectivity index (χ0n) is 7.01. The van der Waals surface area contributed by atoms with E-state index in [4.69, 9.17) is 4.74 Å². The fraction of sp³-hybridized carbons (Fsp3) is 0.100. The summed E-state index contributed by atoms with van der Waals surface area (Å²) in [5, 5.41) is 0. The summed E-state index contributed by atoms with van der Waals surface area (Å²) in [6, 6.07) is 0. The summed E-state index contributed by atoms with van der Waals surface area (Å²) < 4.78 is 4.87. The van der Waals surface area contributed by atoms with Crippen LogP contribution in [0.2, 0.25) is 0 Å². The fourth-order valence-corrected chi connectivity index (χ4v) is 1.37. The number of fused-ring (bicyclic) bond motifs is 1. The van der Waals surface area contributed by atoms with Gasteiger partial charge in [0.2, 0.25) is 0 Å². The number of rotatable bonds is 2. The molecule has 0 saturated carbocycles. The minimum absolute atomic E-state index is 0.464. The summed E-state index contributed by atoms with van der Waals surface area (Å²) in [5.41, 5.74) is 0.928. The quantitative estimate of drug-likeness (QED) is 0.598. The smallest absolute Gasteiger partial charge is 0.298 e. The third-order valence-corrected chi connectivity index (χ3v) is 1.94. The number of nitrogens with zero attached hydrogens (tertiary/aromatic N) is 1. The largest absolute Gasteiger partial charge is 0.431 e. The Morgan fingerprint density at radius 1 is 1.38 bits per heavy atom. The van der Waals surface area contributed by atoms with Gasteiger partial charge in [-0.05, 0) is 12.2 Å². The highest BCUT2D eigenvalue weighted by Crippen LogP contribution is 2.24. The molecule has 0 amide bonds. The van der Waals surface area contributed by atoms with Crippen molar-refractivity contribution in [3.63, 3.8) is 0 Å². The van der Waals surface area contributed by atoms with Crippen LogP contribution in [-0.2, 0) is 9.53 Å². The van der Waals surface area contributed by atoms with Crippen LogP contribution in [-0.4, -0.2) is 11.4 Å². The molecule has 3 nitrogen and oxygen atoms in total. The fourth-order valence-electron chi connectivity index (χ4n) is 1.37. The molecule has 0 unspecified atom stereocenters. The molecule has 2 aliphatic heterocycles. The molecular weight excluding hydrogens is 166 g/mol. The molecule has 0 aliphatic carbocycles. The molecule has 0 saturated heterocycles. The highest BCUT2D eigenvalue weighted by Gasteiger charge is 2.14. The Labute approximate surface area is 76.3 Å². The second-order valence-corrected chi connectivity index (χ2v) is 2.72. The Morgan fingerprint density at radius 3 is 3.15 bits per heavy atom. The van der Waals surface area contributed by atoms with Crippen LogP contribution >= 0.6 is 0 Å². The van der Waals surface area contributed by atoms with Crippen LogP contribution in [0.4, 0.5) is 0 Å². The van der Waals surface area contributed by atoms with Gasteiger partial charge in [-0.25, -0.2) is 0 Å². The maximum absolute atomic E-state index is 10.2. The van der Waals surface area contributed by atoms with E-state index in [9.17, 15) is 4.79 Å². The first kappa shape index (κ1) is 7.86. The Hall–Kier alpha value is -1.77. The Kier molecular flexibility index (Phi) is 2.00. The number of ether oxygens (including phenoxy) is 1. The molecule has 0 spiro atoms. The van der Waals surface area contributed by atoms with Crippen molar-refractivity contribution in [2.24, 2.45) is 0 Å². The number of hydrogen-bond acceptors (Lipinski definition) is 3. The standard InChI is InChI=1S/C10H9NO2/c12-8-13-10-5-3-7-11-6-2-1-4-9(10)11/h1-4,6-8H,5H2. The number of allylic oxidation sites excluding steroid dienone is 4. The summed E-state index contributed by atoms with van der Waals surface area (Å²) in [5.74, 6) is 0.693. The first-order chi connectivity index (χ1) is 6.42. The van der Waals surface area contributed by atoms with Crippen LogP contribution in [0.25, 0.3) is 0 Å². The average Bonchev–Trinajstić information content (AvgIpc) is 2.19. The van der Waals surface area contributed by atoms with Gasteiger partial charge in [0.05, 0.1) is 5.70 Å². The molecule has 3 heteroatoms. The summed E-state index contributed by atoms with van der Waals surface area (Å²) in [7, 11) is 0. The normalized spacial score (nSPS) is 18.9. The van der Waals surface area contributed by atoms with Crippen molar-refractivity contribution in [3.8, 4) is 0 Å². The number of carbonyl (C=O) groups is 1. The third kappa shape index (κ3) is 1.40. The van der Waals surface area contributed by atoms with Gasteiger partial charge in [-0.15, -0.1) is 0 Å². The van der Waals surface area contributed by atoms with E-state index in [2.05, 4.69) is 0 Å². The summed E-state index contributed by atoms with van der Waals surface area (Å²) >= 11 is 0. The molecule has 0 aromatic carbocycles. The molecule has 0 fully saturated rings. The Balaban J connectivity index is 2.32. The lowest BCUT2D eigenvalue weighted by Gasteiger charge is -2.24. The van der Waals surface area contributed by atoms with E-state index in [0.717, 1.165) is 5.70 Å². The van der Waals surface area contributed by atoms with Crippen LogP contribution in [0.15, 0.2) is 48.2 Å². The van der Waals surface area contributed by atoms with Gasteiger partial charge in [0.1, 0.15) is 5.76 Å². The monoisotopic (exact) mass is 175 g/mol. The van der Waals surface area contributed by atoms with Crippen LogP contribution in [0.5, 0.6) is 0 Å². The Morgan fingerprint density at radius 2 is 2.31 bits per heavy atom. The predicted octanol–water partition coefficient (Wildman–Crippen LogP) is 1.67. The van der Waals surface area contributed by atoms with E-state index in [1.54, 1.807) is 0 Å².